The molecule has 0 radical (unpaired) electrons. The third-order valence-electron chi connectivity index (χ3n) is 3.66. The SMILES string of the molecule is O=C(NCC1CCCCC1Br)C1CCSC1. The Hall–Kier alpha value is 0.300. The summed E-state index contributed by atoms with van der Waals surface area (Å²) < 4.78 is 0. The van der Waals surface area contributed by atoms with Gasteiger partial charge in [-0.15, -0.1) is 0 Å². The number of nitrogens with one attached hydrogen (secondary N) is 1. The normalized spacial score (nSPS) is 34.9. The van der Waals surface area contributed by atoms with Crippen LogP contribution in [-0.4, -0.2) is 28.8 Å². The largest absolute Gasteiger partial charge is 0.356 e. The van der Waals surface area contributed by atoms with Gasteiger partial charge in [0, 0.05) is 23.0 Å². The highest BCUT2D eigenvalue weighted by Gasteiger charge is 2.26. The van der Waals surface area contributed by atoms with Gasteiger partial charge in [0.1, 0.15) is 0 Å². The molecule has 0 spiro atoms. The van der Waals surface area contributed by atoms with Crippen molar-refractivity contribution < 1.29 is 4.79 Å². The maximum Gasteiger partial charge on any atom is 0.223 e. The van der Waals surface area contributed by atoms with Crippen LogP contribution in [0.2, 0.25) is 0 Å². The van der Waals surface area contributed by atoms with E-state index in [1.807, 2.05) is 11.8 Å². The van der Waals surface area contributed by atoms with Crippen LogP contribution >= 0.6 is 27.7 Å². The Bertz CT molecular complexity index is 243. The van der Waals surface area contributed by atoms with Crippen LogP contribution in [0.4, 0.5) is 0 Å². The molecule has 1 heterocycles. The zero-order valence-electron chi connectivity index (χ0n) is 9.58. The van der Waals surface area contributed by atoms with Gasteiger partial charge in [0.25, 0.3) is 0 Å². The number of thioether (sulfide) groups is 1. The van der Waals surface area contributed by atoms with Gasteiger partial charge in [-0.25, -0.2) is 0 Å². The lowest BCUT2D eigenvalue weighted by Gasteiger charge is -2.27. The molecule has 1 aliphatic carbocycles. The van der Waals surface area contributed by atoms with Gasteiger partial charge in [-0.05, 0) is 30.9 Å². The third-order valence-corrected chi connectivity index (χ3v) is 6.02. The van der Waals surface area contributed by atoms with E-state index in [1.165, 1.54) is 25.7 Å². The first-order valence-corrected chi connectivity index (χ1v) is 8.34. The number of hydrogen-bond acceptors (Lipinski definition) is 2. The lowest BCUT2D eigenvalue weighted by Crippen LogP contribution is -2.37. The first kappa shape index (κ1) is 12.7. The van der Waals surface area contributed by atoms with Crippen molar-refractivity contribution in [3.63, 3.8) is 0 Å². The summed E-state index contributed by atoms with van der Waals surface area (Å²) in [7, 11) is 0. The zero-order chi connectivity index (χ0) is 11.4. The van der Waals surface area contributed by atoms with Crippen molar-refractivity contribution in [2.45, 2.75) is 36.9 Å². The molecule has 1 N–H and O–H groups in total. The van der Waals surface area contributed by atoms with Crippen molar-refractivity contribution in [2.75, 3.05) is 18.1 Å². The molecule has 0 aromatic heterocycles. The van der Waals surface area contributed by atoms with E-state index in [0.29, 0.717) is 10.7 Å². The highest BCUT2D eigenvalue weighted by atomic mass is 79.9. The summed E-state index contributed by atoms with van der Waals surface area (Å²) in [5, 5.41) is 3.14. The average Bonchev–Trinajstić information content (AvgIpc) is 2.81. The van der Waals surface area contributed by atoms with Crippen LogP contribution < -0.4 is 5.32 Å². The second-order valence-electron chi connectivity index (χ2n) is 4.87. The van der Waals surface area contributed by atoms with E-state index in [0.717, 1.165) is 24.5 Å². The molecule has 2 aliphatic rings. The van der Waals surface area contributed by atoms with Gasteiger partial charge in [0.2, 0.25) is 5.91 Å². The molecule has 3 unspecified atom stereocenters. The number of hydrogen-bond donors (Lipinski definition) is 1. The van der Waals surface area contributed by atoms with Crippen molar-refractivity contribution in [3.05, 3.63) is 0 Å². The molecule has 0 aromatic rings. The van der Waals surface area contributed by atoms with E-state index in [1.54, 1.807) is 0 Å². The van der Waals surface area contributed by atoms with Gasteiger partial charge >= 0.3 is 0 Å². The molecule has 1 amide bonds. The van der Waals surface area contributed by atoms with Gasteiger partial charge in [0.05, 0.1) is 0 Å². The van der Waals surface area contributed by atoms with Crippen LogP contribution in [0, 0.1) is 11.8 Å². The van der Waals surface area contributed by atoms with Crippen molar-refractivity contribution in [1.29, 1.82) is 0 Å². The van der Waals surface area contributed by atoms with Gasteiger partial charge in [0.15, 0.2) is 0 Å². The van der Waals surface area contributed by atoms with E-state index in [4.69, 9.17) is 0 Å². The summed E-state index contributed by atoms with van der Waals surface area (Å²) in [5.41, 5.74) is 0. The molecular weight excluding hydrogens is 286 g/mol. The van der Waals surface area contributed by atoms with Gasteiger partial charge < -0.3 is 5.32 Å². The maximum absolute atomic E-state index is 11.9. The Balaban J connectivity index is 1.71. The van der Waals surface area contributed by atoms with Crippen LogP contribution in [0.1, 0.15) is 32.1 Å². The Morgan fingerprint density at radius 1 is 1.31 bits per heavy atom. The first-order valence-electron chi connectivity index (χ1n) is 6.27. The molecule has 0 bridgehead atoms. The van der Waals surface area contributed by atoms with Crippen molar-refractivity contribution in [1.82, 2.24) is 5.32 Å². The highest BCUT2D eigenvalue weighted by molar-refractivity contribution is 9.09. The second kappa shape index (κ2) is 6.29. The Kier molecular flexibility index (Phi) is 5.01. The molecule has 1 aliphatic heterocycles. The van der Waals surface area contributed by atoms with Crippen LogP contribution in [0.15, 0.2) is 0 Å². The minimum absolute atomic E-state index is 0.280. The standard InChI is InChI=1S/C12H20BrNOS/c13-11-4-2-1-3-9(11)7-14-12(15)10-5-6-16-8-10/h9-11H,1-8H2,(H,14,15). The van der Waals surface area contributed by atoms with Crippen LogP contribution in [0.3, 0.4) is 0 Å². The summed E-state index contributed by atoms with van der Waals surface area (Å²) in [6.07, 6.45) is 6.25. The lowest BCUT2D eigenvalue weighted by molar-refractivity contribution is -0.124. The van der Waals surface area contributed by atoms with E-state index < -0.39 is 0 Å². The minimum atomic E-state index is 0.280. The Morgan fingerprint density at radius 2 is 2.12 bits per heavy atom. The van der Waals surface area contributed by atoms with E-state index in [9.17, 15) is 4.79 Å². The maximum atomic E-state index is 11.9. The number of amides is 1. The zero-order valence-corrected chi connectivity index (χ0v) is 12.0. The summed E-state index contributed by atoms with van der Waals surface area (Å²) in [6.45, 7) is 0.871. The average molecular weight is 306 g/mol. The van der Waals surface area contributed by atoms with Crippen molar-refractivity contribution in [2.24, 2.45) is 11.8 Å². The highest BCUT2D eigenvalue weighted by Crippen LogP contribution is 2.29. The van der Waals surface area contributed by atoms with E-state index >= 15 is 0 Å². The fourth-order valence-electron chi connectivity index (χ4n) is 2.51. The van der Waals surface area contributed by atoms with E-state index in [-0.39, 0.29) is 11.8 Å². The Labute approximate surface area is 110 Å². The number of rotatable bonds is 3. The lowest BCUT2D eigenvalue weighted by atomic mass is 9.89. The molecule has 0 aromatic carbocycles. The summed E-state index contributed by atoms with van der Waals surface area (Å²) >= 11 is 5.64. The molecule has 1 saturated carbocycles. The number of carbonyl (C=O) groups is 1. The first-order chi connectivity index (χ1) is 7.77. The number of halogens is 1. The fourth-order valence-corrected chi connectivity index (χ4v) is 4.51. The monoisotopic (exact) mass is 305 g/mol. The molecule has 92 valence electrons. The molecule has 3 atom stereocenters. The predicted octanol–water partition coefficient (Wildman–Crippen LogP) is 2.81. The molecule has 16 heavy (non-hydrogen) atoms. The number of alkyl halides is 1. The molecule has 2 fully saturated rings. The predicted molar refractivity (Wildman–Crippen MR) is 73.1 cm³/mol. The summed E-state index contributed by atoms with van der Waals surface area (Å²) in [5.74, 6) is 3.39. The summed E-state index contributed by atoms with van der Waals surface area (Å²) in [6, 6.07) is 0. The van der Waals surface area contributed by atoms with Crippen LogP contribution in [-0.2, 0) is 4.79 Å². The van der Waals surface area contributed by atoms with Crippen molar-refractivity contribution in [3.8, 4) is 0 Å². The molecule has 4 heteroatoms. The fraction of sp³-hybridized carbons (Fsp3) is 0.917. The molecule has 2 nitrogen and oxygen atoms in total. The minimum Gasteiger partial charge on any atom is -0.356 e. The quantitative estimate of drug-likeness (QED) is 0.812. The van der Waals surface area contributed by atoms with Crippen molar-refractivity contribution >= 4 is 33.6 Å². The Morgan fingerprint density at radius 3 is 2.81 bits per heavy atom. The molecule has 2 rings (SSSR count). The topological polar surface area (TPSA) is 29.1 Å². The smallest absolute Gasteiger partial charge is 0.223 e. The van der Waals surface area contributed by atoms with Gasteiger partial charge in [-0.1, -0.05) is 28.8 Å². The van der Waals surface area contributed by atoms with Crippen LogP contribution in [0.25, 0.3) is 0 Å². The van der Waals surface area contributed by atoms with E-state index in [2.05, 4.69) is 21.2 Å². The second-order valence-corrected chi connectivity index (χ2v) is 7.19. The molecule has 1 saturated heterocycles. The van der Waals surface area contributed by atoms with Crippen LogP contribution in [0.5, 0.6) is 0 Å². The molecular formula is C12H20BrNOS. The van der Waals surface area contributed by atoms with Gasteiger partial charge in [-0.2, -0.15) is 11.8 Å². The third kappa shape index (κ3) is 3.39. The number of carbonyl (C=O) groups excluding carboxylic acids is 1. The van der Waals surface area contributed by atoms with Gasteiger partial charge in [-0.3, -0.25) is 4.79 Å². The summed E-state index contributed by atoms with van der Waals surface area (Å²) in [4.78, 5) is 12.5.